The van der Waals surface area contributed by atoms with Crippen LogP contribution < -0.4 is 5.56 Å². The summed E-state index contributed by atoms with van der Waals surface area (Å²) in [7, 11) is 0. The van der Waals surface area contributed by atoms with Crippen molar-refractivity contribution in [2.75, 3.05) is 0 Å². The molecule has 1 N–H and O–H groups in total. The monoisotopic (exact) mass is 293 g/mol. The van der Waals surface area contributed by atoms with Gasteiger partial charge in [0.1, 0.15) is 0 Å². The minimum absolute atomic E-state index is 0.346. The lowest BCUT2D eigenvalue weighted by atomic mass is 9.97. The van der Waals surface area contributed by atoms with E-state index in [2.05, 4.69) is 10.3 Å². The first kappa shape index (κ1) is 13.2. The number of aromatic nitrogens is 3. The lowest BCUT2D eigenvalue weighted by Gasteiger charge is -2.20. The van der Waals surface area contributed by atoms with Gasteiger partial charge in [0.25, 0.3) is 5.56 Å². The summed E-state index contributed by atoms with van der Waals surface area (Å²) in [5, 5.41) is 17.7. The molecular weight excluding hydrogens is 278 g/mol. The Morgan fingerprint density at radius 3 is 2.75 bits per heavy atom. The van der Waals surface area contributed by atoms with E-state index in [4.69, 9.17) is 0 Å². The van der Waals surface area contributed by atoms with Crippen molar-refractivity contribution in [1.82, 2.24) is 15.0 Å². The largest absolute Gasteiger partial charge is 0.479 e. The molecule has 20 heavy (non-hydrogen) atoms. The minimum Gasteiger partial charge on any atom is -0.479 e. The standard InChI is InChI=1S/C13H15N3O3S/c1-13(2,12(18)19)16-11(17)9-7-5-3-4-6-8(7)20-10(9)14-15-16/h3-6H2,1-2H3,(H,18,19). The van der Waals surface area contributed by atoms with Crippen LogP contribution in [-0.2, 0) is 23.2 Å². The number of hydrogen-bond donors (Lipinski definition) is 1. The van der Waals surface area contributed by atoms with Crippen molar-refractivity contribution in [3.63, 3.8) is 0 Å². The Labute approximate surface area is 119 Å². The first-order valence-electron chi connectivity index (χ1n) is 6.57. The molecule has 2 aromatic heterocycles. The molecule has 106 valence electrons. The molecule has 0 unspecified atom stereocenters. The normalized spacial score (nSPS) is 15.3. The Hall–Kier alpha value is -1.76. The fraction of sp³-hybridized carbons (Fsp3) is 0.538. The summed E-state index contributed by atoms with van der Waals surface area (Å²) in [6.45, 7) is 2.91. The molecule has 7 heteroatoms. The van der Waals surface area contributed by atoms with E-state index in [0.29, 0.717) is 10.2 Å². The highest BCUT2D eigenvalue weighted by Gasteiger charge is 2.33. The molecule has 1 aliphatic rings. The van der Waals surface area contributed by atoms with E-state index in [1.165, 1.54) is 30.1 Å². The average Bonchev–Trinajstić information content (AvgIpc) is 2.77. The molecule has 0 radical (unpaired) electrons. The fourth-order valence-corrected chi connectivity index (χ4v) is 3.73. The van der Waals surface area contributed by atoms with Crippen molar-refractivity contribution in [2.24, 2.45) is 0 Å². The summed E-state index contributed by atoms with van der Waals surface area (Å²) in [6, 6.07) is 0. The molecule has 0 saturated carbocycles. The van der Waals surface area contributed by atoms with Crippen LogP contribution in [0.25, 0.3) is 10.2 Å². The third-order valence-electron chi connectivity index (χ3n) is 3.84. The highest BCUT2D eigenvalue weighted by atomic mass is 32.1. The molecule has 6 nitrogen and oxygen atoms in total. The SMILES string of the molecule is CC(C)(C(=O)O)n1nnc2sc3c(c2c1=O)CCCC3. The third-order valence-corrected chi connectivity index (χ3v) is 5.01. The number of carbonyl (C=O) groups is 1. The Balaban J connectivity index is 2.31. The van der Waals surface area contributed by atoms with Gasteiger partial charge in [0.15, 0.2) is 10.4 Å². The van der Waals surface area contributed by atoms with Crippen LogP contribution in [0.4, 0.5) is 0 Å². The van der Waals surface area contributed by atoms with E-state index < -0.39 is 11.5 Å². The molecule has 0 aliphatic heterocycles. The second-order valence-corrected chi connectivity index (χ2v) is 6.65. The van der Waals surface area contributed by atoms with Gasteiger partial charge >= 0.3 is 5.97 Å². The van der Waals surface area contributed by atoms with Gasteiger partial charge in [-0.15, -0.1) is 16.4 Å². The third kappa shape index (κ3) is 1.76. The van der Waals surface area contributed by atoms with Gasteiger partial charge in [0.05, 0.1) is 5.39 Å². The molecule has 0 atom stereocenters. The molecule has 3 rings (SSSR count). The second kappa shape index (κ2) is 4.37. The lowest BCUT2D eigenvalue weighted by Crippen LogP contribution is -2.44. The van der Waals surface area contributed by atoms with E-state index in [0.717, 1.165) is 35.9 Å². The van der Waals surface area contributed by atoms with Gasteiger partial charge in [-0.25, -0.2) is 4.79 Å². The summed E-state index contributed by atoms with van der Waals surface area (Å²) in [6.07, 6.45) is 4.02. The molecule has 0 aromatic carbocycles. The van der Waals surface area contributed by atoms with Gasteiger partial charge in [0.2, 0.25) is 0 Å². The van der Waals surface area contributed by atoms with E-state index in [1.807, 2.05) is 0 Å². The summed E-state index contributed by atoms with van der Waals surface area (Å²) in [5.41, 5.74) is -0.699. The molecule has 0 bridgehead atoms. The number of rotatable bonds is 2. The number of carboxylic acid groups (broad SMARTS) is 1. The minimum atomic E-state index is -1.40. The summed E-state index contributed by atoms with van der Waals surface area (Å²) in [4.78, 5) is 25.8. The first-order chi connectivity index (χ1) is 9.43. The van der Waals surface area contributed by atoms with Gasteiger partial charge in [-0.1, -0.05) is 5.21 Å². The van der Waals surface area contributed by atoms with Gasteiger partial charge in [-0.05, 0) is 45.1 Å². The number of hydrogen-bond acceptors (Lipinski definition) is 5. The number of carboxylic acids is 1. The van der Waals surface area contributed by atoms with Gasteiger partial charge in [0, 0.05) is 4.88 Å². The fourth-order valence-electron chi connectivity index (χ4n) is 2.53. The number of nitrogens with zero attached hydrogens (tertiary/aromatic N) is 3. The van der Waals surface area contributed by atoms with Crippen LogP contribution in [0, 0.1) is 0 Å². The Morgan fingerprint density at radius 2 is 2.05 bits per heavy atom. The smallest absolute Gasteiger partial charge is 0.331 e. The van der Waals surface area contributed by atoms with Crippen LogP contribution in [0.3, 0.4) is 0 Å². The van der Waals surface area contributed by atoms with E-state index in [1.54, 1.807) is 0 Å². The molecule has 2 heterocycles. The number of aryl methyl sites for hydroxylation is 2. The highest BCUT2D eigenvalue weighted by molar-refractivity contribution is 7.18. The summed E-state index contributed by atoms with van der Waals surface area (Å²) < 4.78 is 0.985. The number of aliphatic carboxylic acids is 1. The maximum atomic E-state index is 12.6. The van der Waals surface area contributed by atoms with Gasteiger partial charge < -0.3 is 5.11 Å². The van der Waals surface area contributed by atoms with Gasteiger partial charge in [-0.3, -0.25) is 4.79 Å². The van der Waals surface area contributed by atoms with Crippen LogP contribution in [0.15, 0.2) is 4.79 Å². The predicted molar refractivity (Wildman–Crippen MR) is 75.3 cm³/mol. The zero-order valence-electron chi connectivity index (χ0n) is 11.3. The van der Waals surface area contributed by atoms with Crippen molar-refractivity contribution >= 4 is 27.5 Å². The van der Waals surface area contributed by atoms with Gasteiger partial charge in [-0.2, -0.15) is 4.68 Å². The quantitative estimate of drug-likeness (QED) is 0.908. The number of thiophene rings is 1. The van der Waals surface area contributed by atoms with Crippen molar-refractivity contribution in [1.29, 1.82) is 0 Å². The molecule has 0 saturated heterocycles. The van der Waals surface area contributed by atoms with E-state index in [9.17, 15) is 14.7 Å². The second-order valence-electron chi connectivity index (χ2n) is 5.56. The maximum absolute atomic E-state index is 12.6. The van der Waals surface area contributed by atoms with Crippen LogP contribution >= 0.6 is 11.3 Å². The Bertz CT molecular complexity index is 760. The topological polar surface area (TPSA) is 85.1 Å². The predicted octanol–water partition coefficient (Wildman–Crippen LogP) is 1.55. The maximum Gasteiger partial charge on any atom is 0.331 e. The van der Waals surface area contributed by atoms with Crippen LogP contribution in [0.5, 0.6) is 0 Å². The molecule has 0 fully saturated rings. The molecule has 2 aromatic rings. The molecule has 1 aliphatic carbocycles. The summed E-state index contributed by atoms with van der Waals surface area (Å²) in [5.74, 6) is -1.10. The highest BCUT2D eigenvalue weighted by Crippen LogP contribution is 2.33. The average molecular weight is 293 g/mol. The van der Waals surface area contributed by atoms with Crippen molar-refractivity contribution in [3.05, 3.63) is 20.8 Å². The van der Waals surface area contributed by atoms with Crippen LogP contribution in [0.2, 0.25) is 0 Å². The van der Waals surface area contributed by atoms with Crippen LogP contribution in [0.1, 0.15) is 37.1 Å². The first-order valence-corrected chi connectivity index (χ1v) is 7.38. The molecule has 0 amide bonds. The summed E-state index contributed by atoms with van der Waals surface area (Å²) >= 11 is 1.51. The molecule has 0 spiro atoms. The zero-order valence-corrected chi connectivity index (χ0v) is 12.2. The zero-order chi connectivity index (χ0) is 14.5. The van der Waals surface area contributed by atoms with E-state index >= 15 is 0 Å². The van der Waals surface area contributed by atoms with Crippen molar-refractivity contribution < 1.29 is 9.90 Å². The van der Waals surface area contributed by atoms with Crippen LogP contribution in [-0.4, -0.2) is 26.1 Å². The Kier molecular flexibility index (Phi) is 2.89. The Morgan fingerprint density at radius 1 is 1.35 bits per heavy atom. The van der Waals surface area contributed by atoms with E-state index in [-0.39, 0.29) is 5.56 Å². The van der Waals surface area contributed by atoms with Crippen molar-refractivity contribution in [3.8, 4) is 0 Å². The molecular formula is C13H15N3O3S. The van der Waals surface area contributed by atoms with Crippen molar-refractivity contribution in [2.45, 2.75) is 45.1 Å². The lowest BCUT2D eigenvalue weighted by molar-refractivity contribution is -0.146. The number of fused-ring (bicyclic) bond motifs is 3.